The largest absolute Gasteiger partial charge is 1.00 e. The summed E-state index contributed by atoms with van der Waals surface area (Å²) in [5, 5.41) is 18.3. The molecule has 1 aliphatic rings. The first-order valence-corrected chi connectivity index (χ1v) is 5.09. The Kier molecular flexibility index (Phi) is 5.80. The second-order valence-electron chi connectivity index (χ2n) is 4.28. The third kappa shape index (κ3) is 2.16. The van der Waals surface area contributed by atoms with Crippen molar-refractivity contribution < 1.29 is 60.3 Å². The first-order valence-electron chi connectivity index (χ1n) is 5.09. The number of hydrogen-bond acceptors (Lipinski definition) is 4. The molecule has 0 spiro atoms. The van der Waals surface area contributed by atoms with E-state index in [0.717, 1.165) is 4.90 Å². The van der Waals surface area contributed by atoms with Crippen molar-refractivity contribution >= 4 is 17.8 Å². The second-order valence-corrected chi connectivity index (χ2v) is 4.28. The van der Waals surface area contributed by atoms with Crippen molar-refractivity contribution in [1.82, 2.24) is 4.90 Å². The molecule has 7 nitrogen and oxygen atoms in total. The monoisotopic (exact) mass is 269 g/mol. The van der Waals surface area contributed by atoms with E-state index >= 15 is 0 Å². The number of amides is 1. The number of methoxy groups -OCH3 is 1. The van der Waals surface area contributed by atoms with Crippen LogP contribution in [0.4, 0.5) is 0 Å². The zero-order valence-electron chi connectivity index (χ0n) is 11.8. The second kappa shape index (κ2) is 6.01. The van der Waals surface area contributed by atoms with E-state index in [0.29, 0.717) is 0 Å². The molecule has 0 aliphatic carbocycles. The molecule has 0 radical (unpaired) electrons. The van der Waals surface area contributed by atoms with E-state index in [4.69, 9.17) is 10.2 Å². The van der Waals surface area contributed by atoms with Crippen molar-refractivity contribution in [2.45, 2.75) is 19.4 Å². The van der Waals surface area contributed by atoms with Gasteiger partial charge in [0.1, 0.15) is 6.73 Å². The predicted octanol–water partition coefficient (Wildman–Crippen LogP) is -3.27. The van der Waals surface area contributed by atoms with E-state index in [2.05, 4.69) is 4.74 Å². The number of nitrogens with zero attached hydrogens (tertiary/aromatic N) is 1. The summed E-state index contributed by atoms with van der Waals surface area (Å²) in [5.41, 5.74) is -2.21. The number of carboxylic acid groups (broad SMARTS) is 2. The van der Waals surface area contributed by atoms with Crippen LogP contribution < -0.4 is 29.6 Å². The number of carbonyl (C=O) groups is 3. The van der Waals surface area contributed by atoms with Gasteiger partial charge in [-0.05, 0) is 5.92 Å². The summed E-state index contributed by atoms with van der Waals surface area (Å²) in [4.78, 5) is 35.0. The molecule has 0 aromatic rings. The molecule has 1 heterocycles. The molecule has 2 N–H and O–H groups in total. The van der Waals surface area contributed by atoms with Crippen molar-refractivity contribution in [1.29, 1.82) is 0 Å². The minimum absolute atomic E-state index is 0. The van der Waals surface area contributed by atoms with Crippen molar-refractivity contribution in [3.63, 3.8) is 0 Å². The van der Waals surface area contributed by atoms with Gasteiger partial charge in [0.15, 0.2) is 0 Å². The third-order valence-corrected chi connectivity index (χ3v) is 2.98. The van der Waals surface area contributed by atoms with Crippen LogP contribution in [0.5, 0.6) is 0 Å². The van der Waals surface area contributed by atoms with Crippen LogP contribution in [0.3, 0.4) is 0 Å². The van der Waals surface area contributed by atoms with E-state index in [1.54, 1.807) is 13.8 Å². The molecule has 1 rings (SSSR count). The Labute approximate surface area is 128 Å². The Balaban J connectivity index is 0. The predicted molar refractivity (Wildman–Crippen MR) is 56.2 cm³/mol. The average Bonchev–Trinajstić information content (AvgIpc) is 2.19. The number of ether oxygens (including phenoxy) is 1. The van der Waals surface area contributed by atoms with Crippen LogP contribution in [0.25, 0.3) is 0 Å². The van der Waals surface area contributed by atoms with Crippen LogP contribution in [-0.2, 0) is 19.1 Å². The molecule has 98 valence electrons. The molecule has 1 aliphatic heterocycles. The van der Waals surface area contributed by atoms with E-state index in [-0.39, 0.29) is 43.6 Å². The maximum absolute atomic E-state index is 11.7. The van der Waals surface area contributed by atoms with Crippen molar-refractivity contribution in [2.24, 2.45) is 11.8 Å². The average molecular weight is 269 g/mol. The van der Waals surface area contributed by atoms with Crippen molar-refractivity contribution in [3.8, 4) is 0 Å². The standard InChI is InChI=1S/C10H15NO6.Na.H/c1-5(2)6-7(12)11(4-17-3)10(6,8(13)14)9(15)16;;/h5-6H,4H2,1-3H3,(H,13,14)(H,15,16);;/q;+1;-1. The maximum Gasteiger partial charge on any atom is 1.00 e. The van der Waals surface area contributed by atoms with Crippen molar-refractivity contribution in [3.05, 3.63) is 0 Å². The molecule has 1 saturated heterocycles. The molecule has 1 atom stereocenters. The molecule has 0 bridgehead atoms. The maximum atomic E-state index is 11.7. The van der Waals surface area contributed by atoms with Crippen molar-refractivity contribution in [2.75, 3.05) is 13.8 Å². The molecule has 1 amide bonds. The van der Waals surface area contributed by atoms with E-state index in [1.807, 2.05) is 0 Å². The minimum atomic E-state index is -2.21. The van der Waals surface area contributed by atoms with Gasteiger partial charge in [-0.3, -0.25) is 9.69 Å². The molecular formula is C10H16NNaO6. The zero-order chi connectivity index (χ0) is 13.4. The number of carboxylic acids is 2. The Morgan fingerprint density at radius 3 is 2.17 bits per heavy atom. The SMILES string of the molecule is COCN1C(=O)C(C(C)C)C1(C(=O)O)C(=O)O.[H-].[Na+]. The number of hydrogen-bond donors (Lipinski definition) is 2. The fourth-order valence-electron chi connectivity index (χ4n) is 2.27. The van der Waals surface area contributed by atoms with Crippen LogP contribution in [-0.4, -0.2) is 52.3 Å². The van der Waals surface area contributed by atoms with Crippen LogP contribution >= 0.6 is 0 Å². The molecule has 0 saturated carbocycles. The summed E-state index contributed by atoms with van der Waals surface area (Å²) in [6, 6.07) is 0. The number of likely N-dealkylation sites (tertiary alicyclic amines) is 1. The molecule has 1 fully saturated rings. The smallest absolute Gasteiger partial charge is 1.00 e. The third-order valence-electron chi connectivity index (χ3n) is 2.98. The number of rotatable bonds is 5. The summed E-state index contributed by atoms with van der Waals surface area (Å²) in [6.45, 7) is 2.89. The van der Waals surface area contributed by atoms with Gasteiger partial charge in [-0.25, -0.2) is 9.59 Å². The summed E-state index contributed by atoms with van der Waals surface area (Å²) < 4.78 is 4.68. The number of β-lactam (4-membered cyclic amide) rings is 1. The van der Waals surface area contributed by atoms with Gasteiger partial charge in [0, 0.05) is 7.11 Å². The van der Waals surface area contributed by atoms with E-state index in [1.165, 1.54) is 7.11 Å². The van der Waals surface area contributed by atoms with Crippen LogP contribution in [0.15, 0.2) is 0 Å². The molecule has 18 heavy (non-hydrogen) atoms. The number of aliphatic carboxylic acids is 2. The van der Waals surface area contributed by atoms with Gasteiger partial charge in [0.2, 0.25) is 5.91 Å². The van der Waals surface area contributed by atoms with Gasteiger partial charge >= 0.3 is 41.5 Å². The summed E-state index contributed by atoms with van der Waals surface area (Å²) in [6.07, 6.45) is 0. The minimum Gasteiger partial charge on any atom is -1.00 e. The summed E-state index contributed by atoms with van der Waals surface area (Å²) in [7, 11) is 1.27. The Bertz CT molecular complexity index is 361. The quantitative estimate of drug-likeness (QED) is 0.308. The Hall–Kier alpha value is -0.630. The number of carbonyl (C=O) groups excluding carboxylic acids is 1. The first kappa shape index (κ1) is 17.4. The van der Waals surface area contributed by atoms with Gasteiger partial charge < -0.3 is 16.4 Å². The Morgan fingerprint density at radius 2 is 1.89 bits per heavy atom. The van der Waals surface area contributed by atoms with Gasteiger partial charge in [-0.1, -0.05) is 13.8 Å². The van der Waals surface area contributed by atoms with E-state index < -0.39 is 29.3 Å². The van der Waals surface area contributed by atoms with E-state index in [9.17, 15) is 14.4 Å². The van der Waals surface area contributed by atoms with Gasteiger partial charge in [-0.2, -0.15) is 0 Å². The molecule has 0 aromatic heterocycles. The summed E-state index contributed by atoms with van der Waals surface area (Å²) >= 11 is 0. The zero-order valence-corrected chi connectivity index (χ0v) is 12.8. The molecule has 1 unspecified atom stereocenters. The summed E-state index contributed by atoms with van der Waals surface area (Å²) in [5.74, 6) is -5.03. The molecule has 0 aromatic carbocycles. The van der Waals surface area contributed by atoms with Gasteiger partial charge in [-0.15, -0.1) is 0 Å². The van der Waals surface area contributed by atoms with Gasteiger partial charge in [0.25, 0.3) is 5.54 Å². The fraction of sp³-hybridized carbons (Fsp3) is 0.700. The van der Waals surface area contributed by atoms with Crippen LogP contribution in [0.1, 0.15) is 15.3 Å². The van der Waals surface area contributed by atoms with Gasteiger partial charge in [0.05, 0.1) is 5.92 Å². The fourth-order valence-corrected chi connectivity index (χ4v) is 2.27. The first-order chi connectivity index (χ1) is 7.81. The molecular weight excluding hydrogens is 253 g/mol. The Morgan fingerprint density at radius 1 is 1.44 bits per heavy atom. The van der Waals surface area contributed by atoms with Crippen LogP contribution in [0, 0.1) is 11.8 Å². The normalized spacial score (nSPS) is 21.2. The molecule has 8 heteroatoms. The topological polar surface area (TPSA) is 104 Å². The van der Waals surface area contributed by atoms with Crippen LogP contribution in [0.2, 0.25) is 0 Å².